The predicted molar refractivity (Wildman–Crippen MR) is 86.0 cm³/mol. The van der Waals surface area contributed by atoms with Crippen molar-refractivity contribution in [2.24, 2.45) is 0 Å². The smallest absolute Gasteiger partial charge is 0.404 e. The lowest BCUT2D eigenvalue weighted by Crippen LogP contribution is -2.50. The molecule has 0 spiro atoms. The molecular weight excluding hydrogens is 280 g/mol. The van der Waals surface area contributed by atoms with Crippen LogP contribution < -0.4 is 10.6 Å². The summed E-state index contributed by atoms with van der Waals surface area (Å²) in [6.07, 6.45) is 4.68. The van der Waals surface area contributed by atoms with Crippen LogP contribution >= 0.6 is 0 Å². The zero-order chi connectivity index (χ0) is 15.8. The third-order valence-corrected chi connectivity index (χ3v) is 4.29. The highest BCUT2D eigenvalue weighted by molar-refractivity contribution is 5.65. The second kappa shape index (κ2) is 8.76. The maximum Gasteiger partial charge on any atom is 0.404 e. The topological polar surface area (TPSA) is 81.6 Å². The molecule has 1 saturated carbocycles. The molecule has 5 nitrogen and oxygen atoms in total. The average Bonchev–Trinajstić information content (AvgIpc) is 2.53. The van der Waals surface area contributed by atoms with Gasteiger partial charge in [-0.25, -0.2) is 4.79 Å². The highest BCUT2D eigenvalue weighted by Crippen LogP contribution is 2.17. The maximum absolute atomic E-state index is 11.0. The molecule has 2 rings (SSSR count). The number of hydrogen-bond acceptors (Lipinski definition) is 3. The molecule has 5 heteroatoms. The third-order valence-electron chi connectivity index (χ3n) is 4.29. The van der Waals surface area contributed by atoms with E-state index < -0.39 is 18.2 Å². The van der Waals surface area contributed by atoms with Crippen molar-refractivity contribution in [2.45, 2.75) is 56.7 Å². The van der Waals surface area contributed by atoms with Crippen molar-refractivity contribution in [1.82, 2.24) is 10.6 Å². The first-order valence-corrected chi connectivity index (χ1v) is 8.10. The molecule has 0 saturated heterocycles. The zero-order valence-corrected chi connectivity index (χ0v) is 12.9. The first-order chi connectivity index (χ1) is 10.6. The van der Waals surface area contributed by atoms with Crippen LogP contribution in [0.25, 0.3) is 0 Å². The van der Waals surface area contributed by atoms with Crippen LogP contribution in [0.5, 0.6) is 0 Å². The van der Waals surface area contributed by atoms with E-state index in [0.717, 1.165) is 18.4 Å². The van der Waals surface area contributed by atoms with E-state index in [-0.39, 0.29) is 0 Å². The number of nitrogens with one attached hydrogen (secondary N) is 2. The first-order valence-electron chi connectivity index (χ1n) is 8.10. The minimum absolute atomic E-state index is 0.419. The van der Waals surface area contributed by atoms with E-state index in [0.29, 0.717) is 19.0 Å². The molecule has 1 aromatic rings. The number of aliphatic hydroxyl groups excluding tert-OH is 1. The first kappa shape index (κ1) is 16.8. The molecule has 0 heterocycles. The fraction of sp³-hybridized carbons (Fsp3) is 0.588. The second-order valence-corrected chi connectivity index (χ2v) is 6.06. The Morgan fingerprint density at radius 3 is 2.50 bits per heavy atom. The summed E-state index contributed by atoms with van der Waals surface area (Å²) >= 11 is 0. The zero-order valence-electron chi connectivity index (χ0n) is 12.9. The summed E-state index contributed by atoms with van der Waals surface area (Å²) in [5, 5.41) is 25.2. The summed E-state index contributed by atoms with van der Waals surface area (Å²) in [5.74, 6) is 0. The fourth-order valence-electron chi connectivity index (χ4n) is 3.05. The summed E-state index contributed by atoms with van der Waals surface area (Å²) in [7, 11) is 0. The quantitative estimate of drug-likeness (QED) is 0.622. The van der Waals surface area contributed by atoms with Gasteiger partial charge >= 0.3 is 6.09 Å². The second-order valence-electron chi connectivity index (χ2n) is 6.06. The van der Waals surface area contributed by atoms with Crippen LogP contribution in [0.3, 0.4) is 0 Å². The summed E-state index contributed by atoms with van der Waals surface area (Å²) < 4.78 is 0. The van der Waals surface area contributed by atoms with Crippen molar-refractivity contribution >= 4 is 6.09 Å². The summed E-state index contributed by atoms with van der Waals surface area (Å²) in [4.78, 5) is 11.0. The van der Waals surface area contributed by atoms with Crippen LogP contribution in [0.4, 0.5) is 4.79 Å². The van der Waals surface area contributed by atoms with Gasteiger partial charge < -0.3 is 20.8 Å². The molecule has 0 bridgehead atoms. The molecular formula is C17H26N2O3. The molecule has 1 aliphatic rings. The summed E-state index contributed by atoms with van der Waals surface area (Å²) in [5.41, 5.74) is 1.01. The largest absolute Gasteiger partial charge is 0.465 e. The minimum Gasteiger partial charge on any atom is -0.465 e. The Labute approximate surface area is 131 Å². The Morgan fingerprint density at radius 2 is 1.86 bits per heavy atom. The van der Waals surface area contributed by atoms with Gasteiger partial charge in [-0.1, -0.05) is 49.6 Å². The van der Waals surface area contributed by atoms with Gasteiger partial charge in [-0.05, 0) is 24.8 Å². The highest BCUT2D eigenvalue weighted by atomic mass is 16.4. The number of benzene rings is 1. The van der Waals surface area contributed by atoms with E-state index >= 15 is 0 Å². The standard InChI is InChI=1S/C17H26N2O3/c20-16(12-18-14-9-5-2-6-10-14)15(19-17(21)22)11-13-7-3-1-4-8-13/h1,3-4,7-8,14-16,18-20H,2,5-6,9-12H2,(H,21,22)/t15-,16+/m0/s1. The van der Waals surface area contributed by atoms with Gasteiger partial charge in [0.1, 0.15) is 0 Å². The summed E-state index contributed by atoms with van der Waals surface area (Å²) in [6, 6.07) is 9.58. The predicted octanol–water partition coefficient (Wildman–Crippen LogP) is 2.15. The normalized spacial score (nSPS) is 18.6. The van der Waals surface area contributed by atoms with Crippen molar-refractivity contribution in [3.8, 4) is 0 Å². The van der Waals surface area contributed by atoms with Gasteiger partial charge in [0, 0.05) is 12.6 Å². The van der Waals surface area contributed by atoms with Gasteiger partial charge in [-0.15, -0.1) is 0 Å². The molecule has 0 aromatic heterocycles. The van der Waals surface area contributed by atoms with E-state index in [2.05, 4.69) is 10.6 Å². The molecule has 0 unspecified atom stereocenters. The minimum atomic E-state index is -1.10. The number of carbonyl (C=O) groups is 1. The van der Waals surface area contributed by atoms with Crippen molar-refractivity contribution in [2.75, 3.05) is 6.54 Å². The van der Waals surface area contributed by atoms with Gasteiger partial charge in [-0.3, -0.25) is 0 Å². The number of hydrogen-bond donors (Lipinski definition) is 4. The molecule has 122 valence electrons. The Kier molecular flexibility index (Phi) is 6.68. The fourth-order valence-corrected chi connectivity index (χ4v) is 3.05. The van der Waals surface area contributed by atoms with E-state index in [4.69, 9.17) is 5.11 Å². The van der Waals surface area contributed by atoms with E-state index in [9.17, 15) is 9.90 Å². The summed E-state index contributed by atoms with van der Waals surface area (Å²) in [6.45, 7) is 0.419. The molecule has 4 N–H and O–H groups in total. The van der Waals surface area contributed by atoms with Crippen LogP contribution in [0.15, 0.2) is 30.3 Å². The molecule has 22 heavy (non-hydrogen) atoms. The number of rotatable bonds is 7. The van der Waals surface area contributed by atoms with E-state index in [1.165, 1.54) is 19.3 Å². The Morgan fingerprint density at radius 1 is 1.18 bits per heavy atom. The lowest BCUT2D eigenvalue weighted by molar-refractivity contribution is 0.113. The Hall–Kier alpha value is -1.59. The van der Waals surface area contributed by atoms with Crippen molar-refractivity contribution in [3.05, 3.63) is 35.9 Å². The molecule has 2 atom stereocenters. The highest BCUT2D eigenvalue weighted by Gasteiger charge is 2.23. The van der Waals surface area contributed by atoms with Gasteiger partial charge in [0.2, 0.25) is 0 Å². The van der Waals surface area contributed by atoms with Gasteiger partial charge in [0.15, 0.2) is 0 Å². The molecule has 1 aliphatic carbocycles. The molecule has 1 amide bonds. The van der Waals surface area contributed by atoms with Gasteiger partial charge in [0.25, 0.3) is 0 Å². The van der Waals surface area contributed by atoms with E-state index in [1.807, 2.05) is 30.3 Å². The lowest BCUT2D eigenvalue weighted by Gasteiger charge is -2.27. The molecule has 0 aliphatic heterocycles. The van der Waals surface area contributed by atoms with Crippen molar-refractivity contribution < 1.29 is 15.0 Å². The Balaban J connectivity index is 1.87. The van der Waals surface area contributed by atoms with Crippen molar-refractivity contribution in [1.29, 1.82) is 0 Å². The van der Waals surface area contributed by atoms with Crippen LogP contribution in [-0.2, 0) is 6.42 Å². The third kappa shape index (κ3) is 5.66. The SMILES string of the molecule is O=C(O)N[C@@H](Cc1ccccc1)[C@H](O)CNC1CCCCC1. The van der Waals surface area contributed by atoms with Gasteiger partial charge in [-0.2, -0.15) is 0 Å². The van der Waals surface area contributed by atoms with Crippen LogP contribution in [-0.4, -0.2) is 41.0 Å². The maximum atomic E-state index is 11.0. The van der Waals surface area contributed by atoms with Crippen molar-refractivity contribution in [3.63, 3.8) is 0 Å². The van der Waals surface area contributed by atoms with Crippen LogP contribution in [0.2, 0.25) is 0 Å². The number of amides is 1. The van der Waals surface area contributed by atoms with Crippen LogP contribution in [0, 0.1) is 0 Å². The number of aliphatic hydroxyl groups is 1. The van der Waals surface area contributed by atoms with Gasteiger partial charge in [0.05, 0.1) is 12.1 Å². The number of carboxylic acid groups (broad SMARTS) is 1. The van der Waals surface area contributed by atoms with Crippen LogP contribution in [0.1, 0.15) is 37.7 Å². The molecule has 1 aromatic carbocycles. The molecule has 0 radical (unpaired) electrons. The average molecular weight is 306 g/mol. The van der Waals surface area contributed by atoms with E-state index in [1.54, 1.807) is 0 Å². The molecule has 1 fully saturated rings. The monoisotopic (exact) mass is 306 g/mol. The lowest BCUT2D eigenvalue weighted by atomic mass is 9.95. The Bertz CT molecular complexity index is 446.